The fourth-order valence-electron chi connectivity index (χ4n) is 1.28. The van der Waals surface area contributed by atoms with E-state index in [-0.39, 0.29) is 34.5 Å². The molecule has 2 aromatic rings. The summed E-state index contributed by atoms with van der Waals surface area (Å²) in [5.74, 6) is 0. The molecule has 0 aliphatic rings. The van der Waals surface area contributed by atoms with Crippen LogP contribution in [0.4, 0.5) is 0 Å². The Balaban J connectivity index is 0.00000112. The van der Waals surface area contributed by atoms with Gasteiger partial charge in [0, 0.05) is 11.6 Å². The molecule has 0 N–H and O–H groups in total. The van der Waals surface area contributed by atoms with Crippen LogP contribution >= 0.6 is 0 Å². The van der Waals surface area contributed by atoms with E-state index in [2.05, 4.69) is 16.6 Å². The molecule has 0 bridgehead atoms. The fraction of sp³-hybridized carbons (Fsp3) is 0. The summed E-state index contributed by atoms with van der Waals surface area (Å²) in [6.45, 7) is 0. The number of benzene rings is 1. The molecule has 3 nitrogen and oxygen atoms in total. The van der Waals surface area contributed by atoms with Gasteiger partial charge >= 0.3 is 29.6 Å². The Labute approximate surface area is 115 Å². The van der Waals surface area contributed by atoms with Gasteiger partial charge in [0.15, 0.2) is 0 Å². The van der Waals surface area contributed by atoms with Crippen molar-refractivity contribution in [2.24, 2.45) is 0 Å². The summed E-state index contributed by atoms with van der Waals surface area (Å²) in [7, 11) is -3.61. The molecule has 0 fully saturated rings. The number of para-hydroxylation sites is 1. The summed E-state index contributed by atoms with van der Waals surface area (Å²) >= 11 is 4.41. The van der Waals surface area contributed by atoms with Gasteiger partial charge in [-0.3, -0.25) is 4.98 Å². The molecule has 2 rings (SSSR count). The van der Waals surface area contributed by atoms with E-state index in [1.54, 1.807) is 30.5 Å². The molecule has 0 spiro atoms. The molecular formula is C9H6NNaO2S2. The van der Waals surface area contributed by atoms with Gasteiger partial charge < -0.3 is 11.7 Å². The number of hydrogen-bond acceptors (Lipinski definition) is 4. The van der Waals surface area contributed by atoms with Crippen molar-refractivity contribution >= 4 is 31.4 Å². The van der Waals surface area contributed by atoms with Crippen LogP contribution in [0.15, 0.2) is 41.4 Å². The Hall–Kier alpha value is -0.0700. The first-order valence-corrected chi connectivity index (χ1v) is 6.29. The van der Waals surface area contributed by atoms with E-state index in [0.717, 1.165) is 5.39 Å². The van der Waals surface area contributed by atoms with Crippen molar-refractivity contribution in [3.8, 4) is 0 Å². The topological polar surface area (TPSA) is 47.0 Å². The van der Waals surface area contributed by atoms with Gasteiger partial charge in [-0.2, -0.15) is 0 Å². The zero-order valence-corrected chi connectivity index (χ0v) is 11.7. The first kappa shape index (κ1) is 13.0. The summed E-state index contributed by atoms with van der Waals surface area (Å²) in [6.07, 6.45) is 1.55. The summed E-state index contributed by atoms with van der Waals surface area (Å²) in [4.78, 5) is 4.10. The van der Waals surface area contributed by atoms with E-state index in [0.29, 0.717) is 5.52 Å². The quantitative estimate of drug-likeness (QED) is 0.349. The Kier molecular flexibility index (Phi) is 4.20. The van der Waals surface area contributed by atoms with Crippen molar-refractivity contribution in [3.05, 3.63) is 36.5 Å². The molecule has 6 heteroatoms. The van der Waals surface area contributed by atoms with Gasteiger partial charge in [0.2, 0.25) is 0 Å². The van der Waals surface area contributed by atoms with Crippen LogP contribution in [0.3, 0.4) is 0 Å². The summed E-state index contributed by atoms with van der Waals surface area (Å²) in [5.41, 5.74) is 0.435. The van der Waals surface area contributed by atoms with Crippen LogP contribution < -0.4 is 29.6 Å². The molecule has 15 heavy (non-hydrogen) atoms. The predicted molar refractivity (Wildman–Crippen MR) is 56.3 cm³/mol. The van der Waals surface area contributed by atoms with E-state index in [4.69, 9.17) is 0 Å². The standard InChI is InChI=1S/C9H7NO2S2.Na/c11-14(12,13)8-5-1-3-7-4-2-6-10-9(7)8;/h1-6H,(H,11,12,13);/q;+1/p-1. The van der Waals surface area contributed by atoms with Gasteiger partial charge in [0.05, 0.1) is 19.3 Å². The molecular weight excluding hydrogens is 241 g/mol. The van der Waals surface area contributed by atoms with E-state index in [9.17, 15) is 8.42 Å². The third-order valence-electron chi connectivity index (χ3n) is 1.87. The predicted octanol–water partition coefficient (Wildman–Crippen LogP) is -1.53. The summed E-state index contributed by atoms with van der Waals surface area (Å²) in [6, 6.07) is 8.47. The van der Waals surface area contributed by atoms with Crippen molar-refractivity contribution in [3.63, 3.8) is 0 Å². The van der Waals surface area contributed by atoms with E-state index >= 15 is 0 Å². The second-order valence-corrected chi connectivity index (χ2v) is 5.45. The van der Waals surface area contributed by atoms with Crippen LogP contribution in [0.25, 0.3) is 10.9 Å². The largest absolute Gasteiger partial charge is 1.00 e. The van der Waals surface area contributed by atoms with Gasteiger partial charge in [-0.1, -0.05) is 18.2 Å². The van der Waals surface area contributed by atoms with Crippen LogP contribution in [-0.4, -0.2) is 13.4 Å². The molecule has 0 amide bonds. The third kappa shape index (κ3) is 2.73. The number of aromatic nitrogens is 1. The number of fused-ring (bicyclic) bond motifs is 1. The molecule has 0 aliphatic carbocycles. The molecule has 0 saturated heterocycles. The minimum atomic E-state index is -3.61. The van der Waals surface area contributed by atoms with Crippen LogP contribution in [0.2, 0.25) is 0 Å². The molecule has 0 saturated carbocycles. The number of nitrogens with zero attached hydrogens (tertiary/aromatic N) is 1. The van der Waals surface area contributed by atoms with Crippen molar-refractivity contribution < 1.29 is 38.0 Å². The van der Waals surface area contributed by atoms with Crippen molar-refractivity contribution in [1.82, 2.24) is 4.98 Å². The molecule has 0 radical (unpaired) electrons. The molecule has 0 unspecified atom stereocenters. The van der Waals surface area contributed by atoms with Gasteiger partial charge in [0.25, 0.3) is 0 Å². The van der Waals surface area contributed by atoms with Crippen LogP contribution in [-0.2, 0) is 20.5 Å². The van der Waals surface area contributed by atoms with E-state index in [1.807, 2.05) is 0 Å². The van der Waals surface area contributed by atoms with Crippen molar-refractivity contribution in [2.45, 2.75) is 4.90 Å². The average Bonchev–Trinajstić information content (AvgIpc) is 2.15. The number of hydrogen-bond donors (Lipinski definition) is 0. The molecule has 1 aromatic heterocycles. The first-order chi connectivity index (χ1) is 6.59. The van der Waals surface area contributed by atoms with Crippen LogP contribution in [0.1, 0.15) is 0 Å². The number of pyridine rings is 1. The maximum atomic E-state index is 11.2. The van der Waals surface area contributed by atoms with Gasteiger partial charge in [0.1, 0.15) is 0 Å². The number of rotatable bonds is 1. The summed E-state index contributed by atoms with van der Waals surface area (Å²) in [5, 5.41) is 0.776. The SMILES string of the molecule is O=S(=O)([S-])c1cccc2cccnc12.[Na+]. The zero-order valence-electron chi connectivity index (χ0n) is 8.04. The van der Waals surface area contributed by atoms with Gasteiger partial charge in [-0.15, -0.1) is 0 Å². The Morgan fingerprint density at radius 3 is 2.47 bits per heavy atom. The minimum absolute atomic E-state index is 0. The maximum Gasteiger partial charge on any atom is 1.00 e. The van der Waals surface area contributed by atoms with Crippen LogP contribution in [0.5, 0.6) is 0 Å². The van der Waals surface area contributed by atoms with Crippen molar-refractivity contribution in [2.75, 3.05) is 0 Å². The second-order valence-electron chi connectivity index (χ2n) is 2.79. The molecule has 0 aliphatic heterocycles. The van der Waals surface area contributed by atoms with E-state index in [1.165, 1.54) is 6.07 Å². The maximum absolute atomic E-state index is 11.2. The first-order valence-electron chi connectivity index (χ1n) is 3.89. The normalized spacial score (nSPS) is 11.0. The molecule has 1 aromatic carbocycles. The minimum Gasteiger partial charge on any atom is -0.644 e. The fourth-order valence-corrected chi connectivity index (χ4v) is 2.33. The van der Waals surface area contributed by atoms with Crippen molar-refractivity contribution in [1.29, 1.82) is 0 Å². The molecule has 1 heterocycles. The molecule has 72 valence electrons. The smallest absolute Gasteiger partial charge is 0.644 e. The monoisotopic (exact) mass is 247 g/mol. The van der Waals surface area contributed by atoms with Gasteiger partial charge in [-0.25, -0.2) is 8.42 Å². The second kappa shape index (κ2) is 4.84. The zero-order chi connectivity index (χ0) is 10.2. The van der Waals surface area contributed by atoms with E-state index < -0.39 is 8.87 Å². The van der Waals surface area contributed by atoms with Crippen LogP contribution in [0, 0.1) is 0 Å². The third-order valence-corrected chi connectivity index (χ3v) is 3.27. The van der Waals surface area contributed by atoms with Gasteiger partial charge in [-0.05, 0) is 12.1 Å². The average molecular weight is 247 g/mol. The molecule has 0 atom stereocenters. The summed E-state index contributed by atoms with van der Waals surface area (Å²) < 4.78 is 22.4. The Morgan fingerprint density at radius 2 is 1.80 bits per heavy atom. The Bertz CT molecular complexity index is 578. The Morgan fingerprint density at radius 1 is 1.13 bits per heavy atom.